The molecule has 6 nitrogen and oxygen atoms in total. The molecule has 1 aromatic carbocycles. The molecule has 0 amide bonds. The lowest BCUT2D eigenvalue weighted by Gasteiger charge is -2.06. The van der Waals surface area contributed by atoms with Gasteiger partial charge in [0.15, 0.2) is 0 Å². The molecule has 3 N–H and O–H groups in total. The average Bonchev–Trinajstić information content (AvgIpc) is 2.93. The summed E-state index contributed by atoms with van der Waals surface area (Å²) in [5, 5.41) is 10.1. The van der Waals surface area contributed by atoms with Gasteiger partial charge in [0, 0.05) is 18.7 Å². The molecule has 1 heterocycles. The maximum Gasteiger partial charge on any atom is 0.212 e. The number of nitrogens with one attached hydrogen (secondary N) is 3. The van der Waals surface area contributed by atoms with Crippen LogP contribution in [0.4, 0.5) is 0 Å². The molecule has 1 aromatic heterocycles. The molecule has 2 rings (SSSR count). The predicted molar refractivity (Wildman–Crippen MR) is 78.6 cm³/mol. The van der Waals surface area contributed by atoms with E-state index in [1.807, 2.05) is 30.3 Å². The van der Waals surface area contributed by atoms with Crippen LogP contribution in [0.2, 0.25) is 0 Å². The second-order valence-electron chi connectivity index (χ2n) is 4.34. The summed E-state index contributed by atoms with van der Waals surface area (Å²) in [5.41, 5.74) is 3.03. The Morgan fingerprint density at radius 2 is 2.00 bits per heavy atom. The van der Waals surface area contributed by atoms with Crippen molar-refractivity contribution in [1.29, 1.82) is 0 Å². The molecule has 7 heteroatoms. The SMILES string of the molecule is CNS(=O)(=O)CCNCc1cn[nH]c1-c1ccccc1. The summed E-state index contributed by atoms with van der Waals surface area (Å²) in [6, 6.07) is 9.89. The number of H-pyrrole nitrogens is 1. The lowest BCUT2D eigenvalue weighted by atomic mass is 10.1. The van der Waals surface area contributed by atoms with Crippen molar-refractivity contribution in [1.82, 2.24) is 20.2 Å². The molecule has 0 saturated carbocycles. The fraction of sp³-hybridized carbons (Fsp3) is 0.308. The van der Waals surface area contributed by atoms with Crippen LogP contribution in [-0.4, -0.2) is 38.0 Å². The second kappa shape index (κ2) is 6.65. The summed E-state index contributed by atoms with van der Waals surface area (Å²) in [5.74, 6) is 0.0576. The van der Waals surface area contributed by atoms with E-state index < -0.39 is 10.0 Å². The molecular formula is C13H18N4O2S. The first kappa shape index (κ1) is 14.7. The van der Waals surface area contributed by atoms with E-state index in [9.17, 15) is 8.42 Å². The molecule has 0 aliphatic heterocycles. The first-order valence-electron chi connectivity index (χ1n) is 6.32. The van der Waals surface area contributed by atoms with Crippen molar-refractivity contribution >= 4 is 10.0 Å². The molecule has 0 unspecified atom stereocenters. The van der Waals surface area contributed by atoms with Gasteiger partial charge in [-0.2, -0.15) is 5.10 Å². The number of sulfonamides is 1. The van der Waals surface area contributed by atoms with Crippen LogP contribution in [0, 0.1) is 0 Å². The highest BCUT2D eigenvalue weighted by atomic mass is 32.2. The lowest BCUT2D eigenvalue weighted by Crippen LogP contribution is -2.29. The molecule has 0 aliphatic carbocycles. The summed E-state index contributed by atoms with van der Waals surface area (Å²) < 4.78 is 24.8. The number of hydrogen-bond acceptors (Lipinski definition) is 4. The van der Waals surface area contributed by atoms with Crippen molar-refractivity contribution in [2.45, 2.75) is 6.54 Å². The molecule has 2 aromatic rings. The van der Waals surface area contributed by atoms with Gasteiger partial charge in [-0.05, 0) is 12.6 Å². The number of aromatic nitrogens is 2. The van der Waals surface area contributed by atoms with Crippen LogP contribution in [0.15, 0.2) is 36.5 Å². The van der Waals surface area contributed by atoms with E-state index in [-0.39, 0.29) is 5.75 Å². The Balaban J connectivity index is 1.94. The van der Waals surface area contributed by atoms with Gasteiger partial charge in [0.25, 0.3) is 0 Å². The van der Waals surface area contributed by atoms with Crippen LogP contribution >= 0.6 is 0 Å². The number of nitrogens with zero attached hydrogens (tertiary/aromatic N) is 1. The van der Waals surface area contributed by atoms with Gasteiger partial charge in [-0.25, -0.2) is 13.1 Å². The zero-order chi connectivity index (χ0) is 14.4. The van der Waals surface area contributed by atoms with E-state index in [1.54, 1.807) is 6.20 Å². The molecule has 0 aliphatic rings. The van der Waals surface area contributed by atoms with Gasteiger partial charge in [0.2, 0.25) is 10.0 Å². The van der Waals surface area contributed by atoms with Crippen molar-refractivity contribution in [2.75, 3.05) is 19.3 Å². The molecule has 108 valence electrons. The third-order valence-electron chi connectivity index (χ3n) is 2.95. The van der Waals surface area contributed by atoms with Crippen molar-refractivity contribution in [2.24, 2.45) is 0 Å². The number of hydrogen-bond donors (Lipinski definition) is 3. The van der Waals surface area contributed by atoms with E-state index in [2.05, 4.69) is 20.2 Å². The van der Waals surface area contributed by atoms with E-state index in [0.717, 1.165) is 16.8 Å². The van der Waals surface area contributed by atoms with Crippen LogP contribution < -0.4 is 10.0 Å². The Morgan fingerprint density at radius 3 is 2.70 bits per heavy atom. The topological polar surface area (TPSA) is 86.9 Å². The molecule has 0 saturated heterocycles. The van der Waals surface area contributed by atoms with Gasteiger partial charge in [0.05, 0.1) is 17.6 Å². The van der Waals surface area contributed by atoms with Crippen LogP contribution in [-0.2, 0) is 16.6 Å². The van der Waals surface area contributed by atoms with Gasteiger partial charge in [-0.1, -0.05) is 30.3 Å². The van der Waals surface area contributed by atoms with Crippen LogP contribution in [0.1, 0.15) is 5.56 Å². The fourth-order valence-electron chi connectivity index (χ4n) is 1.83. The molecule has 0 fully saturated rings. The highest BCUT2D eigenvalue weighted by Gasteiger charge is 2.08. The number of aromatic amines is 1. The van der Waals surface area contributed by atoms with Gasteiger partial charge in [0.1, 0.15) is 0 Å². The zero-order valence-electron chi connectivity index (χ0n) is 11.3. The summed E-state index contributed by atoms with van der Waals surface area (Å²) in [4.78, 5) is 0. The average molecular weight is 294 g/mol. The first-order valence-corrected chi connectivity index (χ1v) is 7.97. The summed E-state index contributed by atoms with van der Waals surface area (Å²) >= 11 is 0. The monoisotopic (exact) mass is 294 g/mol. The van der Waals surface area contributed by atoms with E-state index >= 15 is 0 Å². The van der Waals surface area contributed by atoms with Crippen molar-refractivity contribution in [3.63, 3.8) is 0 Å². The largest absolute Gasteiger partial charge is 0.311 e. The predicted octanol–water partition coefficient (Wildman–Crippen LogP) is 0.716. The van der Waals surface area contributed by atoms with Crippen molar-refractivity contribution in [3.8, 4) is 11.3 Å². The smallest absolute Gasteiger partial charge is 0.212 e. The zero-order valence-corrected chi connectivity index (χ0v) is 12.1. The third kappa shape index (κ3) is 3.89. The van der Waals surface area contributed by atoms with Gasteiger partial charge in [-0.15, -0.1) is 0 Å². The standard InChI is InChI=1S/C13H18N4O2S/c1-14-20(18,19)8-7-15-9-12-10-16-17-13(12)11-5-3-2-4-6-11/h2-6,10,14-15H,7-9H2,1H3,(H,16,17). The minimum Gasteiger partial charge on any atom is -0.311 e. The van der Waals surface area contributed by atoms with Crippen LogP contribution in [0.5, 0.6) is 0 Å². The summed E-state index contributed by atoms with van der Waals surface area (Å²) in [6.07, 6.45) is 1.75. The van der Waals surface area contributed by atoms with Gasteiger partial charge < -0.3 is 5.32 Å². The summed E-state index contributed by atoms with van der Waals surface area (Å²) in [6.45, 7) is 0.961. The van der Waals surface area contributed by atoms with Crippen LogP contribution in [0.25, 0.3) is 11.3 Å². The maximum absolute atomic E-state index is 11.3. The summed E-state index contributed by atoms with van der Waals surface area (Å²) in [7, 11) is -1.74. The Kier molecular flexibility index (Phi) is 4.89. The fourth-order valence-corrected chi connectivity index (χ4v) is 2.45. The molecule has 0 radical (unpaired) electrons. The highest BCUT2D eigenvalue weighted by molar-refractivity contribution is 7.89. The van der Waals surface area contributed by atoms with E-state index in [4.69, 9.17) is 0 Å². The second-order valence-corrected chi connectivity index (χ2v) is 6.38. The molecule has 0 bridgehead atoms. The highest BCUT2D eigenvalue weighted by Crippen LogP contribution is 2.20. The first-order chi connectivity index (χ1) is 9.62. The van der Waals surface area contributed by atoms with E-state index in [1.165, 1.54) is 7.05 Å². The molecule has 0 spiro atoms. The van der Waals surface area contributed by atoms with Crippen molar-refractivity contribution < 1.29 is 8.42 Å². The van der Waals surface area contributed by atoms with Crippen LogP contribution in [0.3, 0.4) is 0 Å². The Bertz CT molecular complexity index is 637. The third-order valence-corrected chi connectivity index (χ3v) is 4.32. The molecular weight excluding hydrogens is 276 g/mol. The Morgan fingerprint density at radius 1 is 1.25 bits per heavy atom. The Hall–Kier alpha value is -1.70. The Labute approximate surface area is 118 Å². The minimum absolute atomic E-state index is 0.0576. The van der Waals surface area contributed by atoms with Gasteiger partial charge in [-0.3, -0.25) is 5.10 Å². The maximum atomic E-state index is 11.3. The molecule has 20 heavy (non-hydrogen) atoms. The minimum atomic E-state index is -3.16. The number of rotatable bonds is 7. The normalized spacial score (nSPS) is 11.7. The number of benzene rings is 1. The molecule has 0 atom stereocenters. The lowest BCUT2D eigenvalue weighted by molar-refractivity contribution is 0.583. The van der Waals surface area contributed by atoms with E-state index in [0.29, 0.717) is 13.1 Å². The van der Waals surface area contributed by atoms with Gasteiger partial charge >= 0.3 is 0 Å². The van der Waals surface area contributed by atoms with Crippen molar-refractivity contribution in [3.05, 3.63) is 42.1 Å². The quantitative estimate of drug-likeness (QED) is 0.657.